The van der Waals surface area contributed by atoms with E-state index in [1.165, 1.54) is 6.07 Å². The molecular formula is C10H14N2O2S2. The molecule has 1 aromatic rings. The average Bonchev–Trinajstić information content (AvgIpc) is 2.64. The Hall–Kier alpha value is -0.720. The van der Waals surface area contributed by atoms with E-state index in [0.717, 1.165) is 19.5 Å². The molecule has 1 aromatic carbocycles. The van der Waals surface area contributed by atoms with Crippen LogP contribution in [0.5, 0.6) is 0 Å². The largest absolute Gasteiger partial charge is 0.369 e. The van der Waals surface area contributed by atoms with Crippen molar-refractivity contribution in [3.05, 3.63) is 24.3 Å². The number of nitrogens with zero attached hydrogens (tertiary/aromatic N) is 1. The second-order valence-electron chi connectivity index (χ2n) is 3.90. The van der Waals surface area contributed by atoms with Crippen LogP contribution in [0.3, 0.4) is 0 Å². The maximum Gasteiger partial charge on any atom is 0.240 e. The van der Waals surface area contributed by atoms with Gasteiger partial charge in [0.25, 0.3) is 0 Å². The van der Waals surface area contributed by atoms with Crippen LogP contribution in [0.25, 0.3) is 0 Å². The number of thiol groups is 1. The Labute approximate surface area is 101 Å². The maximum atomic E-state index is 11.4. The van der Waals surface area contributed by atoms with Gasteiger partial charge in [-0.3, -0.25) is 0 Å². The van der Waals surface area contributed by atoms with Gasteiger partial charge in [0.15, 0.2) is 0 Å². The highest BCUT2D eigenvalue weighted by atomic mass is 32.2. The van der Waals surface area contributed by atoms with Crippen molar-refractivity contribution in [1.29, 1.82) is 0 Å². The predicted octanol–water partition coefficient (Wildman–Crippen LogP) is 0.843. The highest BCUT2D eigenvalue weighted by Crippen LogP contribution is 2.28. The van der Waals surface area contributed by atoms with Crippen LogP contribution >= 0.6 is 12.6 Å². The van der Waals surface area contributed by atoms with E-state index in [-0.39, 0.29) is 4.90 Å². The minimum atomic E-state index is -3.65. The lowest BCUT2D eigenvalue weighted by atomic mass is 10.3. The van der Waals surface area contributed by atoms with Crippen LogP contribution < -0.4 is 10.0 Å². The van der Waals surface area contributed by atoms with E-state index in [4.69, 9.17) is 5.14 Å². The van der Waals surface area contributed by atoms with Crippen LogP contribution in [0.4, 0.5) is 5.69 Å². The SMILES string of the molecule is NS(=O)(=O)c1ccccc1N1CC[C@@H](S)C1. The van der Waals surface area contributed by atoms with Crippen LogP contribution in [0, 0.1) is 0 Å². The molecule has 6 heteroatoms. The van der Waals surface area contributed by atoms with Crippen LogP contribution in [0.2, 0.25) is 0 Å². The van der Waals surface area contributed by atoms with Gasteiger partial charge in [0.05, 0.1) is 5.69 Å². The number of hydrogen-bond donors (Lipinski definition) is 2. The third-order valence-electron chi connectivity index (χ3n) is 2.68. The zero-order valence-electron chi connectivity index (χ0n) is 8.70. The lowest BCUT2D eigenvalue weighted by Gasteiger charge is -2.20. The number of nitrogens with two attached hydrogens (primary N) is 1. The maximum absolute atomic E-state index is 11.4. The molecule has 0 aromatic heterocycles. The van der Waals surface area contributed by atoms with Crippen molar-refractivity contribution in [1.82, 2.24) is 0 Å². The summed E-state index contributed by atoms with van der Waals surface area (Å²) in [5.74, 6) is 0. The summed E-state index contributed by atoms with van der Waals surface area (Å²) < 4.78 is 22.8. The topological polar surface area (TPSA) is 63.4 Å². The van der Waals surface area contributed by atoms with Gasteiger partial charge < -0.3 is 4.90 Å². The van der Waals surface area contributed by atoms with Gasteiger partial charge in [-0.05, 0) is 18.6 Å². The van der Waals surface area contributed by atoms with Crippen molar-refractivity contribution in [3.63, 3.8) is 0 Å². The minimum absolute atomic E-state index is 0.192. The van der Waals surface area contributed by atoms with Crippen molar-refractivity contribution in [2.45, 2.75) is 16.6 Å². The van der Waals surface area contributed by atoms with Crippen LogP contribution in [0.15, 0.2) is 29.2 Å². The summed E-state index contributed by atoms with van der Waals surface area (Å²) in [5.41, 5.74) is 0.682. The molecule has 1 saturated heterocycles. The number of benzene rings is 1. The van der Waals surface area contributed by atoms with Crippen molar-refractivity contribution in [3.8, 4) is 0 Å². The van der Waals surface area contributed by atoms with Gasteiger partial charge in [-0.25, -0.2) is 13.6 Å². The minimum Gasteiger partial charge on any atom is -0.369 e. The Morgan fingerprint density at radius 1 is 1.38 bits per heavy atom. The molecule has 16 heavy (non-hydrogen) atoms. The summed E-state index contributed by atoms with van der Waals surface area (Å²) in [5, 5.41) is 5.49. The predicted molar refractivity (Wildman–Crippen MR) is 67.4 cm³/mol. The summed E-state index contributed by atoms with van der Waals surface area (Å²) in [6.07, 6.45) is 0.960. The summed E-state index contributed by atoms with van der Waals surface area (Å²) in [7, 11) is -3.65. The molecule has 0 bridgehead atoms. The fraction of sp³-hybridized carbons (Fsp3) is 0.400. The van der Waals surface area contributed by atoms with E-state index in [2.05, 4.69) is 12.6 Å². The second kappa shape index (κ2) is 4.27. The molecule has 0 radical (unpaired) electrons. The molecule has 2 rings (SSSR count). The van der Waals surface area contributed by atoms with Crippen molar-refractivity contribution >= 4 is 28.3 Å². The molecule has 4 nitrogen and oxygen atoms in total. The van der Waals surface area contributed by atoms with Gasteiger partial charge in [-0.2, -0.15) is 12.6 Å². The number of hydrogen-bond acceptors (Lipinski definition) is 4. The Morgan fingerprint density at radius 2 is 2.06 bits per heavy atom. The summed E-state index contributed by atoms with van der Waals surface area (Å²) in [6.45, 7) is 1.58. The van der Waals surface area contributed by atoms with Gasteiger partial charge in [-0.15, -0.1) is 0 Å². The molecule has 88 valence electrons. The lowest BCUT2D eigenvalue weighted by Crippen LogP contribution is -2.24. The summed E-state index contributed by atoms with van der Waals surface area (Å²) in [6, 6.07) is 6.81. The standard InChI is InChI=1S/C10H14N2O2S2/c11-16(13,14)10-4-2-1-3-9(10)12-6-5-8(15)7-12/h1-4,8,15H,5-7H2,(H2,11,13,14)/t8-/m1/s1. The smallest absolute Gasteiger partial charge is 0.240 e. The fourth-order valence-corrected chi connectivity index (χ4v) is 2.99. The Balaban J connectivity index is 2.41. The number of para-hydroxylation sites is 1. The number of rotatable bonds is 2. The van der Waals surface area contributed by atoms with Crippen LogP contribution in [-0.4, -0.2) is 26.8 Å². The molecule has 1 aliphatic rings. The first kappa shape index (κ1) is 11.8. The van der Waals surface area contributed by atoms with Gasteiger partial charge in [0, 0.05) is 18.3 Å². The summed E-state index contributed by atoms with van der Waals surface area (Å²) in [4.78, 5) is 2.20. The molecule has 0 aliphatic carbocycles. The van der Waals surface area contributed by atoms with E-state index in [1.54, 1.807) is 12.1 Å². The average molecular weight is 258 g/mol. The Bertz CT molecular complexity index is 487. The quantitative estimate of drug-likeness (QED) is 0.773. The van der Waals surface area contributed by atoms with Crippen LogP contribution in [0.1, 0.15) is 6.42 Å². The molecule has 1 aliphatic heterocycles. The van der Waals surface area contributed by atoms with Gasteiger partial charge in [-0.1, -0.05) is 12.1 Å². The zero-order chi connectivity index (χ0) is 11.8. The van der Waals surface area contributed by atoms with Gasteiger partial charge in [0.1, 0.15) is 4.90 Å². The number of primary sulfonamides is 1. The summed E-state index contributed by atoms with van der Waals surface area (Å²) >= 11 is 4.39. The molecule has 0 spiro atoms. The molecule has 1 fully saturated rings. The third-order valence-corrected chi connectivity index (χ3v) is 4.06. The number of sulfonamides is 1. The monoisotopic (exact) mass is 258 g/mol. The highest BCUT2D eigenvalue weighted by Gasteiger charge is 2.24. The van der Waals surface area contributed by atoms with E-state index < -0.39 is 10.0 Å². The van der Waals surface area contributed by atoms with E-state index >= 15 is 0 Å². The van der Waals surface area contributed by atoms with Crippen molar-refractivity contribution in [2.24, 2.45) is 5.14 Å². The van der Waals surface area contributed by atoms with E-state index in [9.17, 15) is 8.42 Å². The Kier molecular flexibility index (Phi) is 3.14. The molecule has 0 unspecified atom stereocenters. The molecule has 1 atom stereocenters. The van der Waals surface area contributed by atoms with Gasteiger partial charge >= 0.3 is 0 Å². The molecule has 2 N–H and O–H groups in total. The van der Waals surface area contributed by atoms with Crippen molar-refractivity contribution < 1.29 is 8.42 Å². The Morgan fingerprint density at radius 3 is 2.62 bits per heavy atom. The van der Waals surface area contributed by atoms with Gasteiger partial charge in [0.2, 0.25) is 10.0 Å². The first-order valence-electron chi connectivity index (χ1n) is 5.03. The second-order valence-corrected chi connectivity index (χ2v) is 6.16. The van der Waals surface area contributed by atoms with Crippen molar-refractivity contribution in [2.75, 3.05) is 18.0 Å². The van der Waals surface area contributed by atoms with Crippen LogP contribution in [-0.2, 0) is 10.0 Å². The van der Waals surface area contributed by atoms with E-state index in [1.807, 2.05) is 11.0 Å². The third kappa shape index (κ3) is 2.34. The molecule has 0 saturated carbocycles. The fourth-order valence-electron chi connectivity index (χ4n) is 1.92. The first-order valence-corrected chi connectivity index (χ1v) is 7.09. The number of anilines is 1. The first-order chi connectivity index (χ1) is 7.48. The molecule has 0 amide bonds. The zero-order valence-corrected chi connectivity index (χ0v) is 10.4. The highest BCUT2D eigenvalue weighted by molar-refractivity contribution is 7.89. The normalized spacial score (nSPS) is 21.4. The molecule has 1 heterocycles. The molecular weight excluding hydrogens is 244 g/mol. The van der Waals surface area contributed by atoms with E-state index in [0.29, 0.717) is 10.9 Å². The lowest BCUT2D eigenvalue weighted by molar-refractivity contribution is 0.597.